The van der Waals surface area contributed by atoms with Crippen LogP contribution in [0.1, 0.15) is 58.9 Å². The van der Waals surface area contributed by atoms with Crippen molar-refractivity contribution in [2.75, 3.05) is 36.9 Å². The first-order valence-electron chi connectivity index (χ1n) is 12.2. The fraction of sp³-hybridized carbons (Fsp3) is 0.519. The summed E-state index contributed by atoms with van der Waals surface area (Å²) in [4.78, 5) is 16.7. The number of nitrogens with zero attached hydrogens (tertiary/aromatic N) is 2. The second-order valence-corrected chi connectivity index (χ2v) is 10.6. The molecule has 34 heavy (non-hydrogen) atoms. The van der Waals surface area contributed by atoms with Crippen molar-refractivity contribution in [1.82, 2.24) is 4.90 Å². The van der Waals surface area contributed by atoms with Crippen molar-refractivity contribution in [1.29, 1.82) is 0 Å². The molecule has 2 aromatic rings. The summed E-state index contributed by atoms with van der Waals surface area (Å²) in [6.07, 6.45) is 2.83. The molecular weight excluding hydrogens is 436 g/mol. The molecule has 1 saturated heterocycles. The molecule has 2 aromatic carbocycles. The highest BCUT2D eigenvalue weighted by Crippen LogP contribution is 2.55. The van der Waals surface area contributed by atoms with E-state index < -0.39 is 22.5 Å². The van der Waals surface area contributed by atoms with Crippen LogP contribution in [0.5, 0.6) is 5.75 Å². The fourth-order valence-electron chi connectivity index (χ4n) is 5.20. The van der Waals surface area contributed by atoms with Crippen LogP contribution in [0.3, 0.4) is 0 Å². The molecule has 0 aliphatic carbocycles. The average molecular weight is 472 g/mol. The zero-order valence-corrected chi connectivity index (χ0v) is 20.6. The first kappa shape index (κ1) is 24.3. The summed E-state index contributed by atoms with van der Waals surface area (Å²) in [5.74, 6) is -1.31. The van der Waals surface area contributed by atoms with Gasteiger partial charge in [-0.15, -0.1) is 0 Å². The SMILES string of the molecule is CCCCOc1cc(F)c(F)c2c1N(c1ccccc1N)CC21CCN(C(=O)C(C)(C)C)CC1. The molecule has 2 N–H and O–H groups in total. The van der Waals surface area contributed by atoms with E-state index in [1.165, 1.54) is 0 Å². The van der Waals surface area contributed by atoms with Crippen molar-refractivity contribution < 1.29 is 18.3 Å². The number of fused-ring (bicyclic) bond motifs is 2. The van der Waals surface area contributed by atoms with Gasteiger partial charge in [-0.3, -0.25) is 4.79 Å². The monoisotopic (exact) mass is 471 g/mol. The van der Waals surface area contributed by atoms with Crippen molar-refractivity contribution >= 4 is 23.0 Å². The topological polar surface area (TPSA) is 58.8 Å². The Labute approximate surface area is 200 Å². The van der Waals surface area contributed by atoms with Gasteiger partial charge in [0.1, 0.15) is 5.75 Å². The number of amides is 1. The Morgan fingerprint density at radius 1 is 1.18 bits per heavy atom. The van der Waals surface area contributed by atoms with Gasteiger partial charge in [0.15, 0.2) is 11.6 Å². The number of ether oxygens (including phenoxy) is 1. The molecule has 2 heterocycles. The summed E-state index contributed by atoms with van der Waals surface area (Å²) in [6.45, 7) is 9.63. The molecule has 7 heteroatoms. The van der Waals surface area contributed by atoms with Crippen LogP contribution >= 0.6 is 0 Å². The van der Waals surface area contributed by atoms with Crippen LogP contribution < -0.4 is 15.4 Å². The molecule has 2 aliphatic rings. The summed E-state index contributed by atoms with van der Waals surface area (Å²) in [5, 5.41) is 0. The number of rotatable bonds is 5. The van der Waals surface area contributed by atoms with E-state index in [1.54, 1.807) is 0 Å². The van der Waals surface area contributed by atoms with Crippen molar-refractivity contribution in [3.63, 3.8) is 0 Å². The summed E-state index contributed by atoms with van der Waals surface area (Å²) >= 11 is 0. The van der Waals surface area contributed by atoms with Crippen LogP contribution in [0.25, 0.3) is 0 Å². The predicted octanol–water partition coefficient (Wildman–Crippen LogP) is 5.78. The standard InChI is InChI=1S/C27H35F2N3O2/c1-5-6-15-34-21-16-18(28)23(29)22-24(21)32(20-10-8-7-9-19(20)30)17-27(22)11-13-31(14-12-27)25(33)26(2,3)4/h7-10,16H,5-6,11-15,17,30H2,1-4H3. The fourth-order valence-corrected chi connectivity index (χ4v) is 5.20. The van der Waals surface area contributed by atoms with Crippen LogP contribution in [-0.4, -0.2) is 37.0 Å². The summed E-state index contributed by atoms with van der Waals surface area (Å²) in [5.41, 5.74) is 7.42. The van der Waals surface area contributed by atoms with Gasteiger partial charge in [-0.25, -0.2) is 8.78 Å². The van der Waals surface area contributed by atoms with Gasteiger partial charge in [0.2, 0.25) is 5.91 Å². The Bertz CT molecular complexity index is 1070. The number of carbonyl (C=O) groups excluding carboxylic acids is 1. The number of nitrogen functional groups attached to an aromatic ring is 1. The van der Waals surface area contributed by atoms with E-state index in [2.05, 4.69) is 6.92 Å². The summed E-state index contributed by atoms with van der Waals surface area (Å²) < 4.78 is 36.5. The van der Waals surface area contributed by atoms with Gasteiger partial charge in [-0.05, 0) is 31.4 Å². The number of carbonyl (C=O) groups is 1. The molecule has 0 atom stereocenters. The molecule has 0 radical (unpaired) electrons. The number of hydrogen-bond acceptors (Lipinski definition) is 4. The van der Waals surface area contributed by atoms with Crippen molar-refractivity contribution in [3.05, 3.63) is 47.5 Å². The van der Waals surface area contributed by atoms with Crippen LogP contribution in [0.4, 0.5) is 25.8 Å². The molecule has 2 aliphatic heterocycles. The summed E-state index contributed by atoms with van der Waals surface area (Å²) in [7, 11) is 0. The molecule has 1 amide bonds. The molecule has 0 saturated carbocycles. The van der Waals surface area contributed by atoms with Gasteiger partial charge < -0.3 is 20.3 Å². The van der Waals surface area contributed by atoms with Gasteiger partial charge in [0.05, 0.1) is 23.7 Å². The van der Waals surface area contributed by atoms with E-state index in [-0.39, 0.29) is 5.91 Å². The van der Waals surface area contributed by atoms with E-state index in [4.69, 9.17) is 10.5 Å². The van der Waals surface area contributed by atoms with Gasteiger partial charge >= 0.3 is 0 Å². The molecule has 5 nitrogen and oxygen atoms in total. The van der Waals surface area contributed by atoms with E-state index in [1.807, 2.05) is 54.8 Å². The van der Waals surface area contributed by atoms with Crippen LogP contribution in [0.15, 0.2) is 30.3 Å². The quantitative estimate of drug-likeness (QED) is 0.443. The predicted molar refractivity (Wildman–Crippen MR) is 132 cm³/mol. The molecule has 0 aromatic heterocycles. The van der Waals surface area contributed by atoms with E-state index >= 15 is 4.39 Å². The number of halogens is 2. The second kappa shape index (κ2) is 9.08. The third kappa shape index (κ3) is 4.21. The number of benzene rings is 2. The number of para-hydroxylation sites is 2. The number of nitrogens with two attached hydrogens (primary N) is 1. The average Bonchev–Trinajstić information content (AvgIpc) is 3.11. The zero-order valence-electron chi connectivity index (χ0n) is 20.6. The molecule has 184 valence electrons. The Kier molecular flexibility index (Phi) is 6.49. The minimum atomic E-state index is -0.902. The number of piperidine rings is 1. The van der Waals surface area contributed by atoms with Crippen molar-refractivity contribution in [2.24, 2.45) is 5.41 Å². The largest absolute Gasteiger partial charge is 0.491 e. The highest BCUT2D eigenvalue weighted by molar-refractivity contribution is 5.84. The Hall–Kier alpha value is -2.83. The van der Waals surface area contributed by atoms with E-state index in [0.29, 0.717) is 61.8 Å². The minimum Gasteiger partial charge on any atom is -0.491 e. The first-order chi connectivity index (χ1) is 16.1. The minimum absolute atomic E-state index is 0.0769. The maximum atomic E-state index is 15.6. The maximum absolute atomic E-state index is 15.6. The van der Waals surface area contributed by atoms with Crippen LogP contribution in [-0.2, 0) is 10.2 Å². The van der Waals surface area contributed by atoms with Crippen molar-refractivity contribution in [3.8, 4) is 5.75 Å². The van der Waals surface area contributed by atoms with Crippen LogP contribution in [0, 0.1) is 17.0 Å². The van der Waals surface area contributed by atoms with Gasteiger partial charge in [0.25, 0.3) is 0 Å². The second-order valence-electron chi connectivity index (χ2n) is 10.6. The lowest BCUT2D eigenvalue weighted by molar-refractivity contribution is -0.141. The normalized spacial score (nSPS) is 17.2. The molecule has 4 rings (SSSR count). The van der Waals surface area contributed by atoms with Gasteiger partial charge in [-0.2, -0.15) is 0 Å². The highest BCUT2D eigenvalue weighted by Gasteiger charge is 2.50. The lowest BCUT2D eigenvalue weighted by Crippen LogP contribution is -2.49. The summed E-state index contributed by atoms with van der Waals surface area (Å²) in [6, 6.07) is 8.60. The molecule has 0 unspecified atom stereocenters. The van der Waals surface area contributed by atoms with E-state index in [9.17, 15) is 9.18 Å². The molecule has 1 fully saturated rings. The zero-order chi connectivity index (χ0) is 24.7. The Balaban J connectivity index is 1.79. The molecule has 1 spiro atoms. The Morgan fingerprint density at radius 2 is 1.85 bits per heavy atom. The van der Waals surface area contributed by atoms with Crippen LogP contribution in [0.2, 0.25) is 0 Å². The number of unbranched alkanes of at least 4 members (excludes halogenated alkanes) is 1. The molecular formula is C27H35F2N3O2. The maximum Gasteiger partial charge on any atom is 0.227 e. The van der Waals surface area contributed by atoms with Gasteiger partial charge in [0, 0.05) is 42.1 Å². The first-order valence-corrected chi connectivity index (χ1v) is 12.2. The molecule has 0 bridgehead atoms. The third-order valence-corrected chi connectivity index (χ3v) is 7.05. The van der Waals surface area contributed by atoms with Crippen molar-refractivity contribution in [2.45, 2.75) is 58.8 Å². The smallest absolute Gasteiger partial charge is 0.227 e. The Morgan fingerprint density at radius 3 is 2.47 bits per heavy atom. The lowest BCUT2D eigenvalue weighted by atomic mass is 9.73. The van der Waals surface area contributed by atoms with E-state index in [0.717, 1.165) is 24.6 Å². The third-order valence-electron chi connectivity index (χ3n) is 7.05. The van der Waals surface area contributed by atoms with Gasteiger partial charge in [-0.1, -0.05) is 46.2 Å². The number of hydrogen-bond donors (Lipinski definition) is 1. The highest BCUT2D eigenvalue weighted by atomic mass is 19.2. The number of likely N-dealkylation sites (tertiary alicyclic amines) is 1. The number of anilines is 3. The lowest BCUT2D eigenvalue weighted by Gasteiger charge is -2.42.